The summed E-state index contributed by atoms with van der Waals surface area (Å²) in [5.74, 6) is 2.66. The van der Waals surface area contributed by atoms with Crippen LogP contribution in [0.2, 0.25) is 0 Å². The largest absolute Gasteiger partial charge is 0.379 e. The number of hydrogen-bond acceptors (Lipinski definition) is 2. The van der Waals surface area contributed by atoms with Crippen LogP contribution in [0, 0.1) is 12.3 Å². The summed E-state index contributed by atoms with van der Waals surface area (Å²) in [5, 5.41) is 0. The molecule has 0 aromatic rings. The Balaban J connectivity index is 2.16. The molecule has 12 heavy (non-hydrogen) atoms. The van der Waals surface area contributed by atoms with Gasteiger partial charge in [0.25, 0.3) is 0 Å². The number of unbranched alkanes of at least 4 members (excludes halogenated alkanes) is 1. The lowest BCUT2D eigenvalue weighted by Crippen LogP contribution is -2.43. The first kappa shape index (κ1) is 9.57. The van der Waals surface area contributed by atoms with Crippen LogP contribution < -0.4 is 0 Å². The minimum atomic E-state index is 0.566. The summed E-state index contributed by atoms with van der Waals surface area (Å²) in [6.07, 6.45) is 7.19. The van der Waals surface area contributed by atoms with Crippen molar-refractivity contribution >= 4 is 0 Å². The molecule has 0 N–H and O–H groups in total. The molecule has 0 amide bonds. The molecule has 68 valence electrons. The summed E-state index contributed by atoms with van der Waals surface area (Å²) in [7, 11) is 0. The highest BCUT2D eigenvalue weighted by Gasteiger charge is 2.17. The van der Waals surface area contributed by atoms with E-state index in [-0.39, 0.29) is 0 Å². The second-order valence-electron chi connectivity index (χ2n) is 3.27. The highest BCUT2D eigenvalue weighted by atomic mass is 16.5. The van der Waals surface area contributed by atoms with Crippen molar-refractivity contribution in [2.75, 3.05) is 26.3 Å². The van der Waals surface area contributed by atoms with Gasteiger partial charge in [-0.15, -0.1) is 12.3 Å². The summed E-state index contributed by atoms with van der Waals surface area (Å²) >= 11 is 0. The maximum Gasteiger partial charge on any atom is 0.0619 e. The Kier molecular flexibility index (Phi) is 4.13. The average molecular weight is 167 g/mol. The molecule has 0 spiro atoms. The molecule has 1 fully saturated rings. The Labute approximate surface area is 74.9 Å². The summed E-state index contributed by atoms with van der Waals surface area (Å²) in [6, 6.07) is 0.566. The normalized spacial score (nSPS) is 25.2. The topological polar surface area (TPSA) is 12.5 Å². The predicted octanol–water partition coefficient (Wildman–Crippen LogP) is 1.12. The van der Waals surface area contributed by atoms with Crippen molar-refractivity contribution in [3.05, 3.63) is 0 Å². The molecule has 0 aromatic heterocycles. The van der Waals surface area contributed by atoms with E-state index < -0.39 is 0 Å². The van der Waals surface area contributed by atoms with Crippen molar-refractivity contribution in [3.8, 4) is 12.3 Å². The van der Waals surface area contributed by atoms with Gasteiger partial charge >= 0.3 is 0 Å². The highest BCUT2D eigenvalue weighted by Crippen LogP contribution is 2.06. The van der Waals surface area contributed by atoms with Crippen LogP contribution in [0.4, 0.5) is 0 Å². The number of hydrogen-bond donors (Lipinski definition) is 0. The maximum atomic E-state index is 5.34. The predicted molar refractivity (Wildman–Crippen MR) is 49.9 cm³/mol. The maximum absolute atomic E-state index is 5.34. The van der Waals surface area contributed by atoms with Crippen molar-refractivity contribution in [1.82, 2.24) is 4.90 Å². The first-order valence-corrected chi connectivity index (χ1v) is 4.60. The standard InChI is InChI=1S/C10H17NO/c1-3-4-5-6-11-7-8-12-9-10(11)2/h1,10H,4-9H2,2H3/t10-/m1/s1. The molecule has 0 unspecified atom stereocenters. The third-order valence-corrected chi connectivity index (χ3v) is 2.27. The number of ether oxygens (including phenoxy) is 1. The Hall–Kier alpha value is -0.520. The lowest BCUT2D eigenvalue weighted by atomic mass is 10.2. The molecule has 1 heterocycles. The van der Waals surface area contributed by atoms with Gasteiger partial charge in [-0.25, -0.2) is 0 Å². The molecular formula is C10H17NO. The fraction of sp³-hybridized carbons (Fsp3) is 0.800. The van der Waals surface area contributed by atoms with E-state index in [1.807, 2.05) is 0 Å². The van der Waals surface area contributed by atoms with Crippen LogP contribution in [0.1, 0.15) is 19.8 Å². The second-order valence-corrected chi connectivity index (χ2v) is 3.27. The van der Waals surface area contributed by atoms with Gasteiger partial charge in [-0.2, -0.15) is 0 Å². The van der Waals surface area contributed by atoms with Gasteiger partial charge in [0.2, 0.25) is 0 Å². The molecule has 2 heteroatoms. The zero-order valence-electron chi connectivity index (χ0n) is 7.75. The minimum Gasteiger partial charge on any atom is -0.379 e. The average Bonchev–Trinajstić information content (AvgIpc) is 2.09. The van der Waals surface area contributed by atoms with Gasteiger partial charge in [0, 0.05) is 19.0 Å². The molecule has 0 saturated carbocycles. The van der Waals surface area contributed by atoms with Crippen LogP contribution in [0.25, 0.3) is 0 Å². The van der Waals surface area contributed by atoms with E-state index >= 15 is 0 Å². The van der Waals surface area contributed by atoms with Gasteiger partial charge in [0.1, 0.15) is 0 Å². The number of nitrogens with zero attached hydrogens (tertiary/aromatic N) is 1. The van der Waals surface area contributed by atoms with E-state index in [0.717, 1.165) is 39.1 Å². The first-order valence-electron chi connectivity index (χ1n) is 4.60. The van der Waals surface area contributed by atoms with Gasteiger partial charge in [-0.3, -0.25) is 4.90 Å². The molecule has 0 aromatic carbocycles. The number of terminal acetylenes is 1. The van der Waals surface area contributed by atoms with Gasteiger partial charge in [-0.05, 0) is 19.9 Å². The van der Waals surface area contributed by atoms with E-state index in [4.69, 9.17) is 11.2 Å². The first-order chi connectivity index (χ1) is 5.84. The zero-order valence-corrected chi connectivity index (χ0v) is 7.75. The quantitative estimate of drug-likeness (QED) is 0.461. The molecule has 0 radical (unpaired) electrons. The molecular weight excluding hydrogens is 150 g/mol. The Morgan fingerprint density at radius 3 is 3.17 bits per heavy atom. The van der Waals surface area contributed by atoms with Crippen LogP contribution in [0.3, 0.4) is 0 Å². The van der Waals surface area contributed by atoms with Gasteiger partial charge in [-0.1, -0.05) is 0 Å². The van der Waals surface area contributed by atoms with Crippen LogP contribution in [0.15, 0.2) is 0 Å². The van der Waals surface area contributed by atoms with E-state index in [1.165, 1.54) is 0 Å². The Morgan fingerprint density at radius 2 is 2.50 bits per heavy atom. The molecule has 2 nitrogen and oxygen atoms in total. The lowest BCUT2D eigenvalue weighted by Gasteiger charge is -2.32. The van der Waals surface area contributed by atoms with Gasteiger partial charge in [0.15, 0.2) is 0 Å². The molecule has 1 rings (SSSR count). The Morgan fingerprint density at radius 1 is 1.67 bits per heavy atom. The minimum absolute atomic E-state index is 0.566. The molecule has 1 aliphatic heterocycles. The highest BCUT2D eigenvalue weighted by molar-refractivity contribution is 4.84. The van der Waals surface area contributed by atoms with Crippen LogP contribution in [0.5, 0.6) is 0 Å². The summed E-state index contributed by atoms with van der Waals surface area (Å²) in [5.41, 5.74) is 0. The van der Waals surface area contributed by atoms with E-state index in [1.54, 1.807) is 0 Å². The smallest absolute Gasteiger partial charge is 0.0619 e. The number of morpholine rings is 1. The third-order valence-electron chi connectivity index (χ3n) is 2.27. The second kappa shape index (κ2) is 5.18. The Bertz CT molecular complexity index is 162. The monoisotopic (exact) mass is 167 g/mol. The van der Waals surface area contributed by atoms with Crippen molar-refractivity contribution in [1.29, 1.82) is 0 Å². The molecule has 0 bridgehead atoms. The summed E-state index contributed by atoms with van der Waals surface area (Å²) < 4.78 is 5.34. The van der Waals surface area contributed by atoms with Crippen molar-refractivity contribution in [2.45, 2.75) is 25.8 Å². The third kappa shape index (κ3) is 2.84. The van der Waals surface area contributed by atoms with Crippen LogP contribution >= 0.6 is 0 Å². The molecule has 1 atom stereocenters. The van der Waals surface area contributed by atoms with Crippen molar-refractivity contribution in [2.24, 2.45) is 0 Å². The summed E-state index contributed by atoms with van der Waals surface area (Å²) in [4.78, 5) is 2.45. The fourth-order valence-electron chi connectivity index (χ4n) is 1.48. The lowest BCUT2D eigenvalue weighted by molar-refractivity contribution is -0.000470. The summed E-state index contributed by atoms with van der Waals surface area (Å²) in [6.45, 7) is 6.13. The van der Waals surface area contributed by atoms with E-state index in [0.29, 0.717) is 6.04 Å². The molecule has 0 aliphatic carbocycles. The zero-order chi connectivity index (χ0) is 8.81. The SMILES string of the molecule is C#CCCCN1CCOC[C@H]1C. The molecule has 1 aliphatic rings. The van der Waals surface area contributed by atoms with Gasteiger partial charge < -0.3 is 4.74 Å². The van der Waals surface area contributed by atoms with Crippen LogP contribution in [-0.4, -0.2) is 37.2 Å². The van der Waals surface area contributed by atoms with Crippen molar-refractivity contribution < 1.29 is 4.74 Å². The van der Waals surface area contributed by atoms with Crippen LogP contribution in [-0.2, 0) is 4.74 Å². The van der Waals surface area contributed by atoms with E-state index in [9.17, 15) is 0 Å². The van der Waals surface area contributed by atoms with Gasteiger partial charge in [0.05, 0.1) is 13.2 Å². The number of rotatable bonds is 3. The fourth-order valence-corrected chi connectivity index (χ4v) is 1.48. The van der Waals surface area contributed by atoms with E-state index in [2.05, 4.69) is 17.7 Å². The van der Waals surface area contributed by atoms with Crippen molar-refractivity contribution in [3.63, 3.8) is 0 Å². The molecule has 1 saturated heterocycles.